The Kier molecular flexibility index (Phi) is 4.07. The summed E-state index contributed by atoms with van der Waals surface area (Å²) in [6.07, 6.45) is 0. The third kappa shape index (κ3) is 4.03. The van der Waals surface area contributed by atoms with Crippen LogP contribution >= 0.6 is 0 Å². The van der Waals surface area contributed by atoms with E-state index in [0.717, 1.165) is 5.56 Å². The molecule has 1 rings (SSSR count). The van der Waals surface area contributed by atoms with Gasteiger partial charge in [0.25, 0.3) is 0 Å². The highest BCUT2D eigenvalue weighted by Crippen LogP contribution is 2.18. The van der Waals surface area contributed by atoms with Gasteiger partial charge in [-0.1, -0.05) is 39.0 Å². The van der Waals surface area contributed by atoms with E-state index < -0.39 is 5.97 Å². The van der Waals surface area contributed by atoms with Crippen LogP contribution in [0.15, 0.2) is 24.3 Å². The van der Waals surface area contributed by atoms with Gasteiger partial charge in [-0.2, -0.15) is 4.89 Å². The van der Waals surface area contributed by atoms with Gasteiger partial charge < -0.3 is 0 Å². The maximum atomic E-state index is 11.6. The van der Waals surface area contributed by atoms with Crippen molar-refractivity contribution < 1.29 is 14.6 Å². The fourth-order valence-electron chi connectivity index (χ4n) is 1.06. The summed E-state index contributed by atoms with van der Waals surface area (Å²) in [7, 11) is 0. The minimum atomic E-state index is -0.474. The van der Waals surface area contributed by atoms with Gasteiger partial charge in [-0.25, -0.2) is 4.79 Å². The summed E-state index contributed by atoms with van der Waals surface area (Å²) < 4.78 is 0. The number of hydrogen-bond donors (Lipinski definition) is 0. The monoisotopic (exact) mass is 221 g/mol. The second-order valence-corrected chi connectivity index (χ2v) is 4.77. The molecule has 3 heteroatoms. The molecule has 0 bridgehead atoms. The van der Waals surface area contributed by atoms with Crippen molar-refractivity contribution in [1.29, 1.82) is 0 Å². The summed E-state index contributed by atoms with van der Waals surface area (Å²) in [6.45, 7) is 9.20. The molecular weight excluding hydrogens is 204 g/mol. The van der Waals surface area contributed by atoms with Crippen LogP contribution in [0.4, 0.5) is 0 Å². The van der Waals surface area contributed by atoms with Gasteiger partial charge >= 0.3 is 5.97 Å². The second kappa shape index (κ2) is 5.12. The van der Waals surface area contributed by atoms with E-state index >= 15 is 0 Å². The predicted octanol–water partition coefficient (Wildman–Crippen LogP) is 3.29. The quantitative estimate of drug-likeness (QED) is 0.580. The van der Waals surface area contributed by atoms with E-state index in [1.165, 1.54) is 6.61 Å². The van der Waals surface area contributed by atoms with Gasteiger partial charge in [-0.3, -0.25) is 4.89 Å². The summed E-state index contributed by atoms with van der Waals surface area (Å²) in [5.74, 6) is -0.474. The molecule has 0 spiro atoms. The van der Waals surface area contributed by atoms with Gasteiger partial charge in [-0.05, 0) is 24.0 Å². The smallest absolute Gasteiger partial charge is 0.292 e. The molecule has 16 heavy (non-hydrogen) atoms. The van der Waals surface area contributed by atoms with Crippen LogP contribution in [-0.4, -0.2) is 5.97 Å². The predicted molar refractivity (Wildman–Crippen MR) is 61.4 cm³/mol. The van der Waals surface area contributed by atoms with E-state index in [0.29, 0.717) is 5.56 Å². The van der Waals surface area contributed by atoms with Crippen LogP contribution in [0.3, 0.4) is 0 Å². The van der Waals surface area contributed by atoms with Crippen molar-refractivity contribution in [1.82, 2.24) is 0 Å². The van der Waals surface area contributed by atoms with Crippen molar-refractivity contribution in [2.45, 2.75) is 27.7 Å². The summed E-state index contributed by atoms with van der Waals surface area (Å²) in [5.41, 5.74) is 1.24. The first kappa shape index (κ1) is 12.7. The van der Waals surface area contributed by atoms with Crippen molar-refractivity contribution >= 4 is 5.97 Å². The lowest BCUT2D eigenvalue weighted by atomic mass is 9.99. The zero-order chi connectivity index (χ0) is 12.2. The van der Waals surface area contributed by atoms with E-state index in [-0.39, 0.29) is 5.41 Å². The summed E-state index contributed by atoms with van der Waals surface area (Å²) >= 11 is 0. The van der Waals surface area contributed by atoms with E-state index in [4.69, 9.17) is 9.78 Å². The molecule has 0 aliphatic heterocycles. The molecule has 87 valence electrons. The Bertz CT molecular complexity index is 364. The molecule has 0 fully saturated rings. The van der Waals surface area contributed by atoms with Crippen LogP contribution in [-0.2, 0) is 9.78 Å². The largest absolute Gasteiger partial charge is 0.373 e. The minimum absolute atomic E-state index is 0.147. The van der Waals surface area contributed by atoms with Crippen molar-refractivity contribution in [2.24, 2.45) is 5.41 Å². The summed E-state index contributed by atoms with van der Waals surface area (Å²) in [4.78, 5) is 21.1. The number of carbonyl (C=O) groups is 1. The Balaban J connectivity index is 2.51. The average Bonchev–Trinajstić information content (AvgIpc) is 2.16. The molecule has 0 atom stereocenters. The van der Waals surface area contributed by atoms with Crippen LogP contribution in [0.1, 0.15) is 36.7 Å². The SMILES string of the molecule is Cc1ccccc1C(=O)OO[CH]C(C)(C)C. The van der Waals surface area contributed by atoms with Crippen LogP contribution in [0.5, 0.6) is 0 Å². The fourth-order valence-corrected chi connectivity index (χ4v) is 1.06. The Morgan fingerprint density at radius 1 is 1.25 bits per heavy atom. The molecule has 0 unspecified atom stereocenters. The summed E-state index contributed by atoms with van der Waals surface area (Å²) in [6, 6.07) is 7.22. The third-order valence-electron chi connectivity index (χ3n) is 1.89. The molecule has 3 nitrogen and oxygen atoms in total. The first-order valence-electron chi connectivity index (χ1n) is 5.18. The molecule has 0 heterocycles. The Hall–Kier alpha value is -1.35. The fraction of sp³-hybridized carbons (Fsp3) is 0.385. The van der Waals surface area contributed by atoms with Crippen molar-refractivity contribution in [3.8, 4) is 0 Å². The molecule has 1 aromatic rings. The molecule has 0 N–H and O–H groups in total. The van der Waals surface area contributed by atoms with Crippen LogP contribution in [0.2, 0.25) is 0 Å². The van der Waals surface area contributed by atoms with Gasteiger partial charge in [0.2, 0.25) is 0 Å². The van der Waals surface area contributed by atoms with Crippen molar-refractivity contribution in [3.63, 3.8) is 0 Å². The molecule has 0 saturated heterocycles. The van der Waals surface area contributed by atoms with Gasteiger partial charge in [0.1, 0.15) is 6.61 Å². The Labute approximate surface area is 96.3 Å². The molecule has 1 radical (unpaired) electrons. The average molecular weight is 221 g/mol. The molecule has 0 aromatic heterocycles. The molecule has 0 aliphatic carbocycles. The molecule has 0 aliphatic rings. The number of hydrogen-bond acceptors (Lipinski definition) is 3. The lowest BCUT2D eigenvalue weighted by Gasteiger charge is -2.15. The maximum Gasteiger partial charge on any atom is 0.373 e. The minimum Gasteiger partial charge on any atom is -0.292 e. The first-order chi connectivity index (χ1) is 7.40. The highest BCUT2D eigenvalue weighted by molar-refractivity contribution is 5.90. The van der Waals surface area contributed by atoms with Gasteiger partial charge in [0.05, 0.1) is 5.56 Å². The number of rotatable bonds is 3. The lowest BCUT2D eigenvalue weighted by Crippen LogP contribution is -2.12. The summed E-state index contributed by atoms with van der Waals surface area (Å²) in [5, 5.41) is 0. The van der Waals surface area contributed by atoms with Gasteiger partial charge in [0.15, 0.2) is 0 Å². The van der Waals surface area contributed by atoms with Crippen molar-refractivity contribution in [3.05, 3.63) is 42.0 Å². The van der Waals surface area contributed by atoms with E-state index in [9.17, 15) is 4.79 Å². The zero-order valence-electron chi connectivity index (χ0n) is 10.1. The van der Waals surface area contributed by atoms with Gasteiger partial charge in [0, 0.05) is 0 Å². The second-order valence-electron chi connectivity index (χ2n) is 4.77. The highest BCUT2D eigenvalue weighted by atomic mass is 17.2. The maximum absolute atomic E-state index is 11.6. The number of aryl methyl sites for hydroxylation is 1. The van der Waals surface area contributed by atoms with E-state index in [2.05, 4.69) is 0 Å². The third-order valence-corrected chi connectivity index (χ3v) is 1.89. The topological polar surface area (TPSA) is 35.5 Å². The van der Waals surface area contributed by atoms with Crippen LogP contribution in [0.25, 0.3) is 0 Å². The normalized spacial score (nSPS) is 11.2. The Morgan fingerprint density at radius 2 is 1.88 bits per heavy atom. The van der Waals surface area contributed by atoms with Crippen LogP contribution < -0.4 is 0 Å². The number of benzene rings is 1. The van der Waals surface area contributed by atoms with E-state index in [1.54, 1.807) is 12.1 Å². The molecular formula is C13H17O3. The highest BCUT2D eigenvalue weighted by Gasteiger charge is 2.15. The van der Waals surface area contributed by atoms with Crippen molar-refractivity contribution in [2.75, 3.05) is 0 Å². The molecule has 1 aromatic carbocycles. The molecule has 0 saturated carbocycles. The first-order valence-corrected chi connectivity index (χ1v) is 5.18. The number of carbonyl (C=O) groups excluding carboxylic acids is 1. The standard InChI is InChI=1S/C13H17O3/c1-10-7-5-6-8-11(10)12(14)16-15-9-13(2,3)4/h5-9H,1-4H3. The molecule has 0 amide bonds. The van der Waals surface area contributed by atoms with E-state index in [1.807, 2.05) is 39.8 Å². The lowest BCUT2D eigenvalue weighted by molar-refractivity contribution is -0.224. The van der Waals surface area contributed by atoms with Gasteiger partial charge in [-0.15, -0.1) is 0 Å². The Morgan fingerprint density at radius 3 is 2.44 bits per heavy atom. The zero-order valence-corrected chi connectivity index (χ0v) is 10.1. The van der Waals surface area contributed by atoms with Crippen LogP contribution in [0, 0.1) is 18.9 Å².